The smallest absolute Gasteiger partial charge is 0.253 e. The maximum Gasteiger partial charge on any atom is 0.253 e. The van der Waals surface area contributed by atoms with Gasteiger partial charge in [-0.3, -0.25) is 4.79 Å². The maximum absolute atomic E-state index is 12.4. The van der Waals surface area contributed by atoms with Crippen LogP contribution in [-0.4, -0.2) is 42.6 Å². The Labute approximate surface area is 125 Å². The van der Waals surface area contributed by atoms with Crippen LogP contribution < -0.4 is 11.3 Å². The Morgan fingerprint density at radius 3 is 2.90 bits per heavy atom. The molecule has 6 heteroatoms. The highest BCUT2D eigenvalue weighted by atomic mass is 16.5. The molecule has 3 N–H and O–H groups in total. The van der Waals surface area contributed by atoms with Crippen molar-refractivity contribution in [3.8, 4) is 0 Å². The predicted molar refractivity (Wildman–Crippen MR) is 81.9 cm³/mol. The molecule has 2 rings (SSSR count). The van der Waals surface area contributed by atoms with Gasteiger partial charge in [0.25, 0.3) is 5.91 Å². The highest BCUT2D eigenvalue weighted by Crippen LogP contribution is 2.28. The van der Waals surface area contributed by atoms with Crippen molar-refractivity contribution in [1.29, 1.82) is 0 Å². The molecule has 0 atom stereocenters. The summed E-state index contributed by atoms with van der Waals surface area (Å²) in [6.07, 6.45) is 3.31. The molecule has 0 saturated heterocycles. The number of hydrogen-bond acceptors (Lipinski definition) is 5. The lowest BCUT2D eigenvalue weighted by Crippen LogP contribution is -2.30. The van der Waals surface area contributed by atoms with Crippen LogP contribution in [-0.2, 0) is 11.2 Å². The number of nitrogens with zero attached hydrogens (tertiary/aromatic N) is 2. The molecule has 0 spiro atoms. The Morgan fingerprint density at radius 2 is 2.29 bits per heavy atom. The van der Waals surface area contributed by atoms with Crippen molar-refractivity contribution in [2.45, 2.75) is 26.2 Å². The molecule has 21 heavy (non-hydrogen) atoms. The van der Waals surface area contributed by atoms with Gasteiger partial charge in [-0.15, -0.1) is 0 Å². The summed E-state index contributed by atoms with van der Waals surface area (Å²) in [6.45, 7) is 3.97. The topological polar surface area (TPSA) is 80.5 Å². The van der Waals surface area contributed by atoms with Gasteiger partial charge in [0.05, 0.1) is 6.61 Å². The number of hydrogen-bond donors (Lipinski definition) is 2. The van der Waals surface area contributed by atoms with E-state index in [9.17, 15) is 4.79 Å². The Balaban J connectivity index is 1.90. The average Bonchev–Trinajstić information content (AvgIpc) is 3.34. The van der Waals surface area contributed by atoms with Crippen LogP contribution in [0.3, 0.4) is 0 Å². The number of hydrazine groups is 1. The molecule has 6 nitrogen and oxygen atoms in total. The average molecular weight is 292 g/mol. The fraction of sp³-hybridized carbons (Fsp3) is 0.600. The number of likely N-dealkylation sites (N-methyl/N-ethyl adjacent to an activating group) is 1. The molecule has 116 valence electrons. The fourth-order valence-electron chi connectivity index (χ4n) is 2.02. The van der Waals surface area contributed by atoms with Crippen molar-refractivity contribution in [3.63, 3.8) is 0 Å². The maximum atomic E-state index is 12.4. The number of rotatable bonds is 8. The second kappa shape index (κ2) is 7.38. The van der Waals surface area contributed by atoms with Crippen molar-refractivity contribution < 1.29 is 9.53 Å². The molecular weight excluding hydrogens is 268 g/mol. The minimum atomic E-state index is -0.0429. The molecule has 1 heterocycles. The third-order valence-electron chi connectivity index (χ3n) is 3.60. The van der Waals surface area contributed by atoms with Gasteiger partial charge in [-0.25, -0.2) is 10.8 Å². The fourth-order valence-corrected chi connectivity index (χ4v) is 2.02. The van der Waals surface area contributed by atoms with Gasteiger partial charge in [-0.1, -0.05) is 6.92 Å². The summed E-state index contributed by atoms with van der Waals surface area (Å²) in [5, 5.41) is 0. The van der Waals surface area contributed by atoms with Crippen LogP contribution in [0.15, 0.2) is 12.1 Å². The van der Waals surface area contributed by atoms with E-state index in [2.05, 4.69) is 10.4 Å². The largest absolute Gasteiger partial charge is 0.379 e. The number of nitrogen functional groups attached to an aromatic ring is 1. The first-order valence-corrected chi connectivity index (χ1v) is 7.44. The zero-order valence-electron chi connectivity index (χ0n) is 12.8. The predicted octanol–water partition coefficient (Wildman–Crippen LogP) is 1.43. The first kappa shape index (κ1) is 15.7. The molecule has 0 unspecified atom stereocenters. The third kappa shape index (κ3) is 4.68. The number of ether oxygens (including phenoxy) is 1. The van der Waals surface area contributed by atoms with E-state index >= 15 is 0 Å². The van der Waals surface area contributed by atoms with Crippen LogP contribution in [0.25, 0.3) is 0 Å². The number of aromatic nitrogens is 1. The number of pyridine rings is 1. The normalized spacial score (nSPS) is 14.0. The van der Waals surface area contributed by atoms with Gasteiger partial charge >= 0.3 is 0 Å². The highest BCUT2D eigenvalue weighted by molar-refractivity contribution is 5.94. The van der Waals surface area contributed by atoms with Crippen LogP contribution in [0.5, 0.6) is 0 Å². The lowest BCUT2D eigenvalue weighted by atomic mass is 10.1. The molecule has 0 bridgehead atoms. The Hall–Kier alpha value is -1.66. The van der Waals surface area contributed by atoms with Gasteiger partial charge in [0, 0.05) is 31.5 Å². The molecule has 1 amide bonds. The van der Waals surface area contributed by atoms with Gasteiger partial charge in [0.2, 0.25) is 0 Å². The van der Waals surface area contributed by atoms with Gasteiger partial charge in [-0.05, 0) is 37.3 Å². The van der Waals surface area contributed by atoms with Crippen molar-refractivity contribution >= 4 is 11.7 Å². The number of aryl methyl sites for hydroxylation is 1. The Kier molecular flexibility index (Phi) is 5.52. The molecule has 1 aliphatic carbocycles. The lowest BCUT2D eigenvalue weighted by molar-refractivity contribution is 0.0681. The van der Waals surface area contributed by atoms with E-state index in [0.29, 0.717) is 24.5 Å². The van der Waals surface area contributed by atoms with Crippen molar-refractivity contribution in [2.24, 2.45) is 11.8 Å². The zero-order valence-corrected chi connectivity index (χ0v) is 12.8. The van der Waals surface area contributed by atoms with Crippen LogP contribution in [0.4, 0.5) is 5.82 Å². The summed E-state index contributed by atoms with van der Waals surface area (Å²) in [4.78, 5) is 18.3. The summed E-state index contributed by atoms with van der Waals surface area (Å²) in [5.41, 5.74) is 3.94. The standard InChI is InChI=1S/C15H24N4O2/c1-3-13-8-12(9-14(17-13)18-16)15(20)19(2)6-7-21-10-11-4-5-11/h8-9,11H,3-7,10,16H2,1-2H3,(H,17,18). The molecule has 1 saturated carbocycles. The number of anilines is 1. The van der Waals surface area contributed by atoms with Gasteiger partial charge in [-0.2, -0.15) is 0 Å². The molecule has 0 radical (unpaired) electrons. The zero-order chi connectivity index (χ0) is 15.2. The van der Waals surface area contributed by atoms with E-state index < -0.39 is 0 Å². The Bertz CT molecular complexity index is 466. The summed E-state index contributed by atoms with van der Waals surface area (Å²) >= 11 is 0. The second-order valence-corrected chi connectivity index (χ2v) is 5.48. The minimum absolute atomic E-state index is 0.0429. The van der Waals surface area contributed by atoms with E-state index in [0.717, 1.165) is 24.6 Å². The first-order chi connectivity index (χ1) is 10.1. The van der Waals surface area contributed by atoms with E-state index in [1.165, 1.54) is 12.8 Å². The summed E-state index contributed by atoms with van der Waals surface area (Å²) in [5.74, 6) is 6.61. The Morgan fingerprint density at radius 1 is 1.52 bits per heavy atom. The van der Waals surface area contributed by atoms with E-state index in [1.54, 1.807) is 18.0 Å². The molecule has 0 aromatic carbocycles. The number of nitrogens with two attached hydrogens (primary N) is 1. The SMILES string of the molecule is CCc1cc(C(=O)N(C)CCOCC2CC2)cc(NN)n1. The van der Waals surface area contributed by atoms with E-state index in [4.69, 9.17) is 10.6 Å². The highest BCUT2D eigenvalue weighted by Gasteiger charge is 2.21. The van der Waals surface area contributed by atoms with Crippen LogP contribution in [0.2, 0.25) is 0 Å². The molecule has 0 aliphatic heterocycles. The molecule has 1 aromatic rings. The summed E-state index contributed by atoms with van der Waals surface area (Å²) in [6, 6.07) is 3.48. The molecule has 1 aliphatic rings. The number of carbonyl (C=O) groups is 1. The molecular formula is C15H24N4O2. The quantitative estimate of drug-likeness (QED) is 0.430. The van der Waals surface area contributed by atoms with Crippen LogP contribution in [0.1, 0.15) is 35.8 Å². The molecule has 1 fully saturated rings. The van der Waals surface area contributed by atoms with Crippen LogP contribution in [0, 0.1) is 5.92 Å². The van der Waals surface area contributed by atoms with Gasteiger partial charge < -0.3 is 15.1 Å². The first-order valence-electron chi connectivity index (χ1n) is 7.44. The minimum Gasteiger partial charge on any atom is -0.379 e. The number of carbonyl (C=O) groups excluding carboxylic acids is 1. The summed E-state index contributed by atoms with van der Waals surface area (Å²) < 4.78 is 5.57. The summed E-state index contributed by atoms with van der Waals surface area (Å²) in [7, 11) is 1.78. The molecule has 1 aromatic heterocycles. The lowest BCUT2D eigenvalue weighted by Gasteiger charge is -2.18. The van der Waals surface area contributed by atoms with Crippen molar-refractivity contribution in [2.75, 3.05) is 32.2 Å². The number of nitrogens with one attached hydrogen (secondary N) is 1. The third-order valence-corrected chi connectivity index (χ3v) is 3.60. The van der Waals surface area contributed by atoms with Crippen molar-refractivity contribution in [3.05, 3.63) is 23.4 Å². The van der Waals surface area contributed by atoms with E-state index in [-0.39, 0.29) is 5.91 Å². The van der Waals surface area contributed by atoms with Crippen LogP contribution >= 0.6 is 0 Å². The second-order valence-electron chi connectivity index (χ2n) is 5.48. The van der Waals surface area contributed by atoms with Crippen molar-refractivity contribution in [1.82, 2.24) is 9.88 Å². The van der Waals surface area contributed by atoms with Gasteiger partial charge in [0.1, 0.15) is 5.82 Å². The van der Waals surface area contributed by atoms with E-state index in [1.807, 2.05) is 13.0 Å². The number of amides is 1. The monoisotopic (exact) mass is 292 g/mol. The van der Waals surface area contributed by atoms with Gasteiger partial charge in [0.15, 0.2) is 0 Å².